The summed E-state index contributed by atoms with van der Waals surface area (Å²) >= 11 is 0. The van der Waals surface area contributed by atoms with Crippen LogP contribution in [0.5, 0.6) is 0 Å². The fraction of sp³-hybridized carbons (Fsp3) is 1.00. The van der Waals surface area contributed by atoms with Gasteiger partial charge in [0, 0.05) is 12.6 Å². The van der Waals surface area contributed by atoms with E-state index in [4.69, 9.17) is 5.11 Å². The highest BCUT2D eigenvalue weighted by Gasteiger charge is 2.27. The predicted molar refractivity (Wildman–Crippen MR) is 74.2 cm³/mol. The van der Waals surface area contributed by atoms with Gasteiger partial charge in [-0.05, 0) is 51.6 Å². The second-order valence-corrected chi connectivity index (χ2v) is 5.67. The molecular weight excluding hydrogens is 210 g/mol. The van der Waals surface area contributed by atoms with Crippen LogP contribution in [0.3, 0.4) is 0 Å². The van der Waals surface area contributed by atoms with Crippen LogP contribution in [0.25, 0.3) is 0 Å². The molecule has 1 saturated carbocycles. The van der Waals surface area contributed by atoms with Gasteiger partial charge in [0.05, 0.1) is 0 Å². The van der Waals surface area contributed by atoms with Gasteiger partial charge in [0.25, 0.3) is 0 Å². The molecule has 0 spiro atoms. The first kappa shape index (κ1) is 15.0. The van der Waals surface area contributed by atoms with Crippen LogP contribution >= 0.6 is 0 Å². The van der Waals surface area contributed by atoms with E-state index in [9.17, 15) is 0 Å². The Bertz CT molecular complexity index is 184. The first-order valence-corrected chi connectivity index (χ1v) is 7.60. The molecule has 1 fully saturated rings. The quantitative estimate of drug-likeness (QED) is 0.658. The summed E-state index contributed by atoms with van der Waals surface area (Å²) in [6.45, 7) is 3.80. The second kappa shape index (κ2) is 8.93. The van der Waals surface area contributed by atoms with Gasteiger partial charge in [0.1, 0.15) is 0 Å². The fourth-order valence-electron chi connectivity index (χ4n) is 3.21. The van der Waals surface area contributed by atoms with Gasteiger partial charge in [-0.15, -0.1) is 0 Å². The maximum Gasteiger partial charge on any atom is 0.0431 e. The van der Waals surface area contributed by atoms with Gasteiger partial charge in [-0.1, -0.05) is 32.6 Å². The molecule has 0 bridgehead atoms. The molecule has 1 rings (SSSR count). The Morgan fingerprint density at radius 3 is 2.59 bits per heavy atom. The van der Waals surface area contributed by atoms with E-state index in [1.807, 2.05) is 0 Å². The molecule has 2 atom stereocenters. The molecule has 0 heterocycles. The molecule has 0 saturated heterocycles. The first-order valence-electron chi connectivity index (χ1n) is 7.60. The lowest BCUT2D eigenvalue weighted by Crippen LogP contribution is -2.40. The highest BCUT2D eigenvalue weighted by molar-refractivity contribution is 4.81. The Balaban J connectivity index is 2.34. The topological polar surface area (TPSA) is 23.5 Å². The van der Waals surface area contributed by atoms with E-state index < -0.39 is 0 Å². The van der Waals surface area contributed by atoms with Crippen LogP contribution in [0.15, 0.2) is 0 Å². The smallest absolute Gasteiger partial charge is 0.0431 e. The Morgan fingerprint density at radius 2 is 1.88 bits per heavy atom. The molecular formula is C15H31NO. The number of unbranched alkanes of at least 4 members (excludes halogenated alkanes) is 2. The molecule has 1 N–H and O–H groups in total. The van der Waals surface area contributed by atoms with Crippen LogP contribution in [0.2, 0.25) is 0 Å². The summed E-state index contributed by atoms with van der Waals surface area (Å²) in [6, 6.07) is 0.814. The van der Waals surface area contributed by atoms with Crippen molar-refractivity contribution in [1.29, 1.82) is 0 Å². The Hall–Kier alpha value is -0.0800. The van der Waals surface area contributed by atoms with Gasteiger partial charge in [-0.2, -0.15) is 0 Å². The van der Waals surface area contributed by atoms with Crippen LogP contribution in [-0.4, -0.2) is 36.2 Å². The SMILES string of the molecule is CCCCC1CCCCC1N(C)CCCCO. The number of aliphatic hydroxyl groups is 1. The first-order chi connectivity index (χ1) is 8.29. The minimum atomic E-state index is 0.345. The number of hydrogen-bond donors (Lipinski definition) is 1. The van der Waals surface area contributed by atoms with Gasteiger partial charge in [-0.25, -0.2) is 0 Å². The van der Waals surface area contributed by atoms with E-state index in [1.165, 1.54) is 44.9 Å². The van der Waals surface area contributed by atoms with Gasteiger partial charge in [0.15, 0.2) is 0 Å². The molecule has 2 nitrogen and oxygen atoms in total. The maximum absolute atomic E-state index is 8.84. The zero-order chi connectivity index (χ0) is 12.5. The van der Waals surface area contributed by atoms with E-state index in [0.717, 1.165) is 31.3 Å². The third-order valence-electron chi connectivity index (χ3n) is 4.28. The molecule has 1 aliphatic rings. The number of nitrogens with zero attached hydrogens (tertiary/aromatic N) is 1. The predicted octanol–water partition coefficient (Wildman–Crippen LogP) is 3.44. The second-order valence-electron chi connectivity index (χ2n) is 5.67. The molecule has 0 aromatic heterocycles. The number of aliphatic hydroxyl groups excluding tert-OH is 1. The molecule has 1 aliphatic carbocycles. The Labute approximate surface area is 107 Å². The van der Waals surface area contributed by atoms with Crippen LogP contribution < -0.4 is 0 Å². The average Bonchev–Trinajstić information content (AvgIpc) is 2.37. The van der Waals surface area contributed by atoms with Crippen LogP contribution in [0, 0.1) is 5.92 Å². The summed E-state index contributed by atoms with van der Waals surface area (Å²) in [5, 5.41) is 8.84. The number of rotatable bonds is 8. The van der Waals surface area contributed by atoms with E-state index in [0.29, 0.717) is 6.61 Å². The van der Waals surface area contributed by atoms with Gasteiger partial charge in [-0.3, -0.25) is 0 Å². The van der Waals surface area contributed by atoms with E-state index in [-0.39, 0.29) is 0 Å². The zero-order valence-electron chi connectivity index (χ0n) is 11.8. The molecule has 0 aromatic rings. The van der Waals surface area contributed by atoms with E-state index in [2.05, 4.69) is 18.9 Å². The minimum absolute atomic E-state index is 0.345. The van der Waals surface area contributed by atoms with Crippen molar-refractivity contribution >= 4 is 0 Å². The molecule has 0 amide bonds. The number of hydrogen-bond acceptors (Lipinski definition) is 2. The summed E-state index contributed by atoms with van der Waals surface area (Å²) in [5.74, 6) is 0.933. The van der Waals surface area contributed by atoms with Crippen molar-refractivity contribution in [3.05, 3.63) is 0 Å². The molecule has 0 aliphatic heterocycles. The highest BCUT2D eigenvalue weighted by Crippen LogP contribution is 2.31. The zero-order valence-corrected chi connectivity index (χ0v) is 11.8. The fourth-order valence-corrected chi connectivity index (χ4v) is 3.21. The Kier molecular flexibility index (Phi) is 7.87. The highest BCUT2D eigenvalue weighted by atomic mass is 16.2. The summed E-state index contributed by atoms with van der Waals surface area (Å²) in [7, 11) is 2.28. The average molecular weight is 241 g/mol. The summed E-state index contributed by atoms with van der Waals surface area (Å²) in [4.78, 5) is 2.56. The molecule has 2 unspecified atom stereocenters. The van der Waals surface area contributed by atoms with Gasteiger partial charge in [0.2, 0.25) is 0 Å². The summed E-state index contributed by atoms with van der Waals surface area (Å²) in [5.41, 5.74) is 0. The third-order valence-corrected chi connectivity index (χ3v) is 4.28. The van der Waals surface area contributed by atoms with Crippen molar-refractivity contribution in [2.45, 2.75) is 70.8 Å². The van der Waals surface area contributed by atoms with Crippen LogP contribution in [0.1, 0.15) is 64.7 Å². The minimum Gasteiger partial charge on any atom is -0.396 e. The van der Waals surface area contributed by atoms with Gasteiger partial charge >= 0.3 is 0 Å². The standard InChI is InChI=1S/C15H31NO/c1-3-4-9-14-10-5-6-11-15(14)16(2)12-7-8-13-17/h14-15,17H,3-13H2,1-2H3. The maximum atomic E-state index is 8.84. The van der Waals surface area contributed by atoms with Gasteiger partial charge < -0.3 is 10.0 Å². The largest absolute Gasteiger partial charge is 0.396 e. The third kappa shape index (κ3) is 5.39. The molecule has 17 heavy (non-hydrogen) atoms. The van der Waals surface area contributed by atoms with E-state index in [1.54, 1.807) is 0 Å². The molecule has 0 radical (unpaired) electrons. The molecule has 2 heteroatoms. The van der Waals surface area contributed by atoms with Crippen LogP contribution in [0.4, 0.5) is 0 Å². The van der Waals surface area contributed by atoms with Crippen LogP contribution in [-0.2, 0) is 0 Å². The Morgan fingerprint density at radius 1 is 1.12 bits per heavy atom. The van der Waals surface area contributed by atoms with Crippen molar-refractivity contribution < 1.29 is 5.11 Å². The molecule has 102 valence electrons. The summed E-state index contributed by atoms with van der Waals surface area (Å²) in [6.07, 6.45) is 11.9. The van der Waals surface area contributed by atoms with Crippen molar-refractivity contribution in [2.75, 3.05) is 20.2 Å². The van der Waals surface area contributed by atoms with Crippen molar-refractivity contribution in [1.82, 2.24) is 4.90 Å². The lowest BCUT2D eigenvalue weighted by Gasteiger charge is -2.38. The summed E-state index contributed by atoms with van der Waals surface area (Å²) < 4.78 is 0. The lowest BCUT2D eigenvalue weighted by atomic mass is 9.80. The van der Waals surface area contributed by atoms with Crippen molar-refractivity contribution in [2.24, 2.45) is 5.92 Å². The van der Waals surface area contributed by atoms with Crippen molar-refractivity contribution in [3.63, 3.8) is 0 Å². The normalized spacial score (nSPS) is 25.4. The molecule has 0 aromatic carbocycles. The monoisotopic (exact) mass is 241 g/mol. The van der Waals surface area contributed by atoms with E-state index >= 15 is 0 Å². The van der Waals surface area contributed by atoms with Crippen molar-refractivity contribution in [3.8, 4) is 0 Å². The lowest BCUT2D eigenvalue weighted by molar-refractivity contribution is 0.118.